The monoisotopic (exact) mass is 599 g/mol. The van der Waals surface area contributed by atoms with Crippen molar-refractivity contribution in [3.05, 3.63) is 94.5 Å². The highest BCUT2D eigenvalue weighted by molar-refractivity contribution is 7.92. The van der Waals surface area contributed by atoms with Crippen molar-refractivity contribution in [2.75, 3.05) is 24.2 Å². The first-order valence-electron chi connectivity index (χ1n) is 13.2. The van der Waals surface area contributed by atoms with Crippen LogP contribution in [0, 0.1) is 6.92 Å². The van der Waals surface area contributed by atoms with Gasteiger partial charge in [-0.05, 0) is 68.7 Å². The summed E-state index contributed by atoms with van der Waals surface area (Å²) in [5.41, 5.74) is 2.08. The fourth-order valence-electron chi connectivity index (χ4n) is 4.38. The summed E-state index contributed by atoms with van der Waals surface area (Å²) in [7, 11) is -2.48. The highest BCUT2D eigenvalue weighted by Gasteiger charge is 2.35. The van der Waals surface area contributed by atoms with Gasteiger partial charge < -0.3 is 15.0 Å². The van der Waals surface area contributed by atoms with Gasteiger partial charge in [-0.25, -0.2) is 8.42 Å². The van der Waals surface area contributed by atoms with Gasteiger partial charge >= 0.3 is 0 Å². The lowest BCUT2D eigenvalue weighted by Gasteiger charge is -2.35. The van der Waals surface area contributed by atoms with E-state index in [2.05, 4.69) is 5.32 Å². The zero-order valence-electron chi connectivity index (χ0n) is 24.3. The fourth-order valence-corrected chi connectivity index (χ4v) is 5.35. The molecule has 0 aliphatic carbocycles. The molecule has 3 aromatic rings. The summed E-state index contributed by atoms with van der Waals surface area (Å²) in [4.78, 5) is 29.4. The summed E-state index contributed by atoms with van der Waals surface area (Å²) in [6.07, 6.45) is 1.27. The molecule has 0 aliphatic heterocycles. The number of ether oxygens (including phenoxy) is 1. The van der Waals surface area contributed by atoms with Crippen molar-refractivity contribution < 1.29 is 22.7 Å². The Morgan fingerprint density at radius 3 is 2.17 bits per heavy atom. The van der Waals surface area contributed by atoms with Crippen molar-refractivity contribution in [2.45, 2.75) is 52.2 Å². The molecule has 3 aromatic carbocycles. The molecule has 0 radical (unpaired) electrons. The van der Waals surface area contributed by atoms with Crippen LogP contribution in [0.4, 0.5) is 5.69 Å². The molecule has 0 bridgehead atoms. The molecule has 1 atom stereocenters. The molecule has 0 heterocycles. The summed E-state index contributed by atoms with van der Waals surface area (Å²) >= 11 is 6.10. The Kier molecular flexibility index (Phi) is 10.4. The van der Waals surface area contributed by atoms with E-state index in [1.54, 1.807) is 42.5 Å². The smallest absolute Gasteiger partial charge is 0.244 e. The molecule has 0 unspecified atom stereocenters. The SMILES string of the molecule is COc1ccc(C)cc1N(CC(=O)N(Cc1ccc(Cl)cc1)[C@H](Cc1ccccc1)C(=O)NC(C)(C)C)S(C)(=O)=O. The highest BCUT2D eigenvalue weighted by atomic mass is 35.5. The number of aryl methyl sites for hydroxylation is 1. The van der Waals surface area contributed by atoms with Crippen LogP contribution >= 0.6 is 11.6 Å². The van der Waals surface area contributed by atoms with Crippen molar-refractivity contribution in [2.24, 2.45) is 0 Å². The van der Waals surface area contributed by atoms with Crippen molar-refractivity contribution in [3.8, 4) is 5.75 Å². The first-order chi connectivity index (χ1) is 19.2. The minimum absolute atomic E-state index is 0.0631. The van der Waals surface area contributed by atoms with Crippen molar-refractivity contribution in [3.63, 3.8) is 0 Å². The number of nitrogens with one attached hydrogen (secondary N) is 1. The average molecular weight is 600 g/mol. The maximum atomic E-state index is 14.2. The molecule has 0 aromatic heterocycles. The number of carbonyl (C=O) groups is 2. The number of nitrogens with zero attached hydrogens (tertiary/aromatic N) is 2. The summed E-state index contributed by atoms with van der Waals surface area (Å²) in [6, 6.07) is 20.6. The molecular weight excluding hydrogens is 562 g/mol. The number of hydrogen-bond donors (Lipinski definition) is 1. The first-order valence-corrected chi connectivity index (χ1v) is 15.4. The molecule has 0 saturated carbocycles. The van der Waals surface area contributed by atoms with E-state index in [-0.39, 0.29) is 24.6 Å². The van der Waals surface area contributed by atoms with Gasteiger partial charge in [-0.15, -0.1) is 0 Å². The Morgan fingerprint density at radius 1 is 0.976 bits per heavy atom. The summed E-state index contributed by atoms with van der Waals surface area (Å²) < 4.78 is 32.6. The number of sulfonamides is 1. The molecular formula is C31H38ClN3O5S. The van der Waals surface area contributed by atoms with Crippen LogP contribution in [0.25, 0.3) is 0 Å². The van der Waals surface area contributed by atoms with Crippen LogP contribution < -0.4 is 14.4 Å². The second-order valence-electron chi connectivity index (χ2n) is 11.0. The van der Waals surface area contributed by atoms with Gasteiger partial charge in [0.1, 0.15) is 18.3 Å². The van der Waals surface area contributed by atoms with Gasteiger partial charge in [0.25, 0.3) is 0 Å². The van der Waals surface area contributed by atoms with Gasteiger partial charge in [-0.3, -0.25) is 13.9 Å². The van der Waals surface area contributed by atoms with Gasteiger partial charge in [0.15, 0.2) is 0 Å². The van der Waals surface area contributed by atoms with Crippen LogP contribution in [0.3, 0.4) is 0 Å². The predicted octanol–water partition coefficient (Wildman–Crippen LogP) is 4.98. The maximum absolute atomic E-state index is 14.2. The Morgan fingerprint density at radius 2 is 1.61 bits per heavy atom. The zero-order valence-corrected chi connectivity index (χ0v) is 25.9. The highest BCUT2D eigenvalue weighted by Crippen LogP contribution is 2.31. The molecule has 41 heavy (non-hydrogen) atoms. The predicted molar refractivity (Wildman–Crippen MR) is 164 cm³/mol. The Hall–Kier alpha value is -3.56. The van der Waals surface area contributed by atoms with Gasteiger partial charge in [0.05, 0.1) is 19.1 Å². The maximum Gasteiger partial charge on any atom is 0.244 e. The minimum atomic E-state index is -3.92. The first kappa shape index (κ1) is 32.0. The number of amides is 2. The van der Waals surface area contributed by atoms with Crippen LogP contribution in [0.15, 0.2) is 72.8 Å². The molecule has 10 heteroatoms. The van der Waals surface area contributed by atoms with Gasteiger partial charge in [-0.2, -0.15) is 0 Å². The third kappa shape index (κ3) is 9.23. The lowest BCUT2D eigenvalue weighted by Crippen LogP contribution is -2.56. The topological polar surface area (TPSA) is 96.0 Å². The van der Waals surface area contributed by atoms with Crippen molar-refractivity contribution in [1.29, 1.82) is 0 Å². The second-order valence-corrected chi connectivity index (χ2v) is 13.4. The number of carbonyl (C=O) groups excluding carboxylic acids is 2. The number of benzene rings is 3. The van der Waals surface area contributed by atoms with Crippen LogP contribution in [0.5, 0.6) is 5.75 Å². The van der Waals surface area contributed by atoms with E-state index in [4.69, 9.17) is 16.3 Å². The standard InChI is InChI=1S/C31H38ClN3O5S/c1-22-12-17-28(40-5)26(18-22)35(41(6,38)39)21-29(36)34(20-24-13-15-25(32)16-14-24)27(30(37)33-31(2,3)4)19-23-10-8-7-9-11-23/h7-18,27H,19-21H2,1-6H3,(H,33,37)/t27-/m1/s1. The van der Waals surface area contributed by atoms with Gasteiger partial charge in [0.2, 0.25) is 21.8 Å². The normalized spacial score (nSPS) is 12.4. The molecule has 220 valence electrons. The molecule has 0 aliphatic rings. The number of rotatable bonds is 11. The number of methoxy groups -OCH3 is 1. The lowest BCUT2D eigenvalue weighted by atomic mass is 10.0. The van der Waals surface area contributed by atoms with Crippen LogP contribution in [0.1, 0.15) is 37.5 Å². The molecule has 2 amide bonds. The van der Waals surface area contributed by atoms with E-state index in [1.165, 1.54) is 12.0 Å². The quantitative estimate of drug-likeness (QED) is 0.335. The van der Waals surface area contributed by atoms with Gasteiger partial charge in [0, 0.05) is 23.5 Å². The Balaban J connectivity index is 2.11. The van der Waals surface area contributed by atoms with Crippen LogP contribution in [0.2, 0.25) is 5.02 Å². The van der Waals surface area contributed by atoms with E-state index in [9.17, 15) is 18.0 Å². The molecule has 1 N–H and O–H groups in total. The van der Waals surface area contributed by atoms with Crippen molar-refractivity contribution >= 4 is 39.1 Å². The molecule has 0 saturated heterocycles. The third-order valence-electron chi connectivity index (χ3n) is 6.32. The van der Waals surface area contributed by atoms with E-state index < -0.39 is 34.1 Å². The number of anilines is 1. The van der Waals surface area contributed by atoms with Crippen LogP contribution in [-0.2, 0) is 32.6 Å². The zero-order chi connectivity index (χ0) is 30.4. The molecule has 8 nitrogen and oxygen atoms in total. The molecule has 0 fully saturated rings. The molecule has 0 spiro atoms. The minimum Gasteiger partial charge on any atom is -0.495 e. The average Bonchev–Trinajstić information content (AvgIpc) is 2.89. The summed E-state index contributed by atoms with van der Waals surface area (Å²) in [5.74, 6) is -0.578. The Bertz CT molecular complexity index is 1460. The van der Waals surface area contributed by atoms with E-state index in [1.807, 2.05) is 58.0 Å². The van der Waals surface area contributed by atoms with E-state index in [0.29, 0.717) is 10.8 Å². The lowest BCUT2D eigenvalue weighted by molar-refractivity contribution is -0.140. The fraction of sp³-hybridized carbons (Fsp3) is 0.355. The summed E-state index contributed by atoms with van der Waals surface area (Å²) in [5, 5.41) is 3.54. The van der Waals surface area contributed by atoms with E-state index in [0.717, 1.165) is 27.3 Å². The largest absolute Gasteiger partial charge is 0.495 e. The second kappa shape index (κ2) is 13.4. The third-order valence-corrected chi connectivity index (χ3v) is 7.70. The van der Waals surface area contributed by atoms with Crippen molar-refractivity contribution in [1.82, 2.24) is 10.2 Å². The van der Waals surface area contributed by atoms with Crippen LogP contribution in [-0.4, -0.2) is 56.6 Å². The number of halogens is 1. The van der Waals surface area contributed by atoms with Gasteiger partial charge in [-0.1, -0.05) is 60.1 Å². The van der Waals surface area contributed by atoms with E-state index >= 15 is 0 Å². The summed E-state index contributed by atoms with van der Waals surface area (Å²) in [6.45, 7) is 6.96. The Labute approximate surface area is 248 Å². The number of hydrogen-bond acceptors (Lipinski definition) is 5. The molecule has 3 rings (SSSR count).